The number of fused-ring (bicyclic) bond motifs is 2. The van der Waals surface area contributed by atoms with Crippen LogP contribution in [0.3, 0.4) is 0 Å². The summed E-state index contributed by atoms with van der Waals surface area (Å²) in [6, 6.07) is 41.1. The molecule has 3 fully saturated rings. The number of pyridine rings is 2. The van der Waals surface area contributed by atoms with E-state index in [2.05, 4.69) is 104 Å². The quantitative estimate of drug-likeness (QED) is 0.0291. The molecule has 3 aliphatic heterocycles. The molecule has 0 saturated carbocycles. The largest absolute Gasteiger partial charge is 0.381 e. The Morgan fingerprint density at radius 1 is 0.505 bits per heavy atom. The van der Waals surface area contributed by atoms with E-state index < -0.39 is 0 Å². The summed E-state index contributed by atoms with van der Waals surface area (Å²) in [5.74, 6) is -1.14. The fourth-order valence-corrected chi connectivity index (χ4v) is 14.3. The summed E-state index contributed by atoms with van der Waals surface area (Å²) in [6.45, 7) is 18.8. The average Bonchev–Trinajstić information content (AvgIpc) is 1.66. The highest BCUT2D eigenvalue weighted by Gasteiger charge is 2.26. The maximum Gasteiger partial charge on any atom is 0.251 e. The monoisotopic (exact) mass is 1450 g/mol. The first-order chi connectivity index (χ1) is 51.2. The second kappa shape index (κ2) is 35.7. The lowest BCUT2D eigenvalue weighted by atomic mass is 10.0. The Morgan fingerprint density at radius 2 is 0.952 bits per heavy atom. The number of amides is 4. The minimum Gasteiger partial charge on any atom is -0.381 e. The van der Waals surface area contributed by atoms with Crippen molar-refractivity contribution in [2.75, 3.05) is 70.3 Å². The van der Waals surface area contributed by atoms with Crippen molar-refractivity contribution in [1.29, 1.82) is 0 Å². The number of aryl methyl sites for hydroxylation is 4. The SMILES string of the molecule is CCc1nc2c(cnn2CC)c(NC2CCOCC2)c1CNC(=O)c1cccc(C(=O)NCc2ccc(Cl)c(-c3cccc(C=O)c3)c2)c1.CCc1nc2c(cnn2CC)c(NC2CCOCC2)c1CNC(=O)c1cccc(C(=O)NCc2ccc(Cl)c(-c3cccc(CN4CCCN(C)CC4)c3)c2)c1. The fraction of sp³-hybridized carbons (Fsp3) is 0.354. The van der Waals surface area contributed by atoms with Gasteiger partial charge in [-0.3, -0.25) is 28.9 Å². The van der Waals surface area contributed by atoms with Crippen LogP contribution in [0.2, 0.25) is 10.0 Å². The molecule has 6 N–H and O–H groups in total. The van der Waals surface area contributed by atoms with Crippen LogP contribution in [-0.2, 0) is 68.1 Å². The molecule has 13 rings (SSSR count). The van der Waals surface area contributed by atoms with Gasteiger partial charge in [0, 0.05) is 169 Å². The third-order valence-electron chi connectivity index (χ3n) is 19.7. The van der Waals surface area contributed by atoms with Crippen LogP contribution in [0, 0.1) is 0 Å². The van der Waals surface area contributed by atoms with Crippen molar-refractivity contribution in [3.05, 3.63) is 223 Å². The van der Waals surface area contributed by atoms with E-state index in [4.69, 9.17) is 42.6 Å². The molecule has 6 aromatic carbocycles. The van der Waals surface area contributed by atoms with Gasteiger partial charge in [-0.15, -0.1) is 0 Å². The molecule has 7 heterocycles. The van der Waals surface area contributed by atoms with Gasteiger partial charge in [-0.25, -0.2) is 19.3 Å². The summed E-state index contributed by atoms with van der Waals surface area (Å²) in [4.78, 5) is 79.9. The summed E-state index contributed by atoms with van der Waals surface area (Å²) >= 11 is 13.2. The number of anilines is 2. The first-order valence-corrected chi connectivity index (χ1v) is 37.3. The fourth-order valence-electron chi connectivity index (χ4n) is 13.9. The van der Waals surface area contributed by atoms with Crippen molar-refractivity contribution >= 4 is 86.6 Å². The number of hydrogen-bond acceptors (Lipinski definition) is 15. The third-order valence-corrected chi connectivity index (χ3v) is 20.4. The highest BCUT2D eigenvalue weighted by Crippen LogP contribution is 2.35. The number of aromatic nitrogens is 6. The Balaban J connectivity index is 0.000000199. The summed E-state index contributed by atoms with van der Waals surface area (Å²) in [5.41, 5.74) is 15.9. The first kappa shape index (κ1) is 74.8. The standard InChI is InChI=1S/C44H53ClN8O3.C38H39ClN6O4/c1-4-40-37(41(49-35-15-21-56-22-16-35)38-28-48-53(5-2)42(38)50-40)27-47-44(55)34-12-7-11-33(25-34)43(54)46-26-30-13-14-39(45)36(24-30)32-10-6-9-31(23-32)29-52-18-8-17-51(3)19-20-52;1-3-34-31(35(43-29-13-15-49-16-14-29)32-22-42-45(4-2)36(32)44-34)21-41-38(48)28-10-6-9-27(19-28)37(47)40-20-24-11-12-33(39)30(18-24)26-8-5-7-25(17-26)23-46/h6-7,9-14,23-25,28,35H,4-5,8,15-22,26-27,29H2,1-3H3,(H,46,54)(H,47,55)(H,49,50);5-12,17-19,22-23,29H,3-4,13-16,20-21H2,1-2H3,(H,40,47)(H,41,48)(H,43,44). The summed E-state index contributed by atoms with van der Waals surface area (Å²) in [7, 11) is 2.19. The predicted molar refractivity (Wildman–Crippen MR) is 414 cm³/mol. The maximum atomic E-state index is 13.6. The number of hydrogen-bond donors (Lipinski definition) is 6. The van der Waals surface area contributed by atoms with Crippen LogP contribution < -0.4 is 31.9 Å². The molecule has 0 unspecified atom stereocenters. The Labute approximate surface area is 623 Å². The number of aldehydes is 1. The van der Waals surface area contributed by atoms with Crippen LogP contribution in [0.15, 0.2) is 146 Å². The zero-order valence-electron chi connectivity index (χ0n) is 60.3. The molecule has 4 amide bonds. The van der Waals surface area contributed by atoms with Gasteiger partial charge in [0.05, 0.1) is 34.5 Å². The van der Waals surface area contributed by atoms with Gasteiger partial charge in [-0.2, -0.15) is 10.2 Å². The second-order valence-corrected chi connectivity index (χ2v) is 27.7. The van der Waals surface area contributed by atoms with E-state index in [1.165, 1.54) is 12.0 Å². The summed E-state index contributed by atoms with van der Waals surface area (Å²) in [5, 5.41) is 31.9. The zero-order chi connectivity index (χ0) is 73.3. The molecule has 3 aliphatic rings. The van der Waals surface area contributed by atoms with Crippen LogP contribution in [0.25, 0.3) is 44.3 Å². The van der Waals surface area contributed by atoms with Gasteiger partial charge in [0.2, 0.25) is 0 Å². The number of halogens is 2. The minimum absolute atomic E-state index is 0.242. The van der Waals surface area contributed by atoms with E-state index in [1.807, 2.05) is 65.1 Å². The van der Waals surface area contributed by atoms with Gasteiger partial charge < -0.3 is 46.3 Å². The molecule has 0 bridgehead atoms. The predicted octanol–water partition coefficient (Wildman–Crippen LogP) is 13.5. The average molecular weight is 1460 g/mol. The number of benzene rings is 6. The molecule has 105 heavy (non-hydrogen) atoms. The number of carbonyl (C=O) groups is 5. The number of nitrogens with zero attached hydrogens (tertiary/aromatic N) is 8. The summed E-state index contributed by atoms with van der Waals surface area (Å²) in [6.07, 6.45) is 10.6. The minimum atomic E-state index is -0.312. The van der Waals surface area contributed by atoms with Crippen molar-refractivity contribution in [3.63, 3.8) is 0 Å². The van der Waals surface area contributed by atoms with Crippen molar-refractivity contribution in [2.24, 2.45) is 0 Å². The molecule has 0 radical (unpaired) electrons. The highest BCUT2D eigenvalue weighted by molar-refractivity contribution is 6.33. The zero-order valence-corrected chi connectivity index (χ0v) is 61.8. The van der Waals surface area contributed by atoms with Crippen molar-refractivity contribution in [2.45, 2.75) is 131 Å². The van der Waals surface area contributed by atoms with Crippen LogP contribution in [0.5, 0.6) is 0 Å². The first-order valence-electron chi connectivity index (χ1n) is 36.6. The van der Waals surface area contributed by atoms with E-state index in [-0.39, 0.29) is 55.3 Å². The van der Waals surface area contributed by atoms with E-state index in [0.717, 1.165) is 154 Å². The van der Waals surface area contributed by atoms with Gasteiger partial charge in [-0.05, 0) is 180 Å². The van der Waals surface area contributed by atoms with Gasteiger partial charge in [0.15, 0.2) is 11.3 Å². The molecule has 546 valence electrons. The van der Waals surface area contributed by atoms with E-state index in [0.29, 0.717) is 96.8 Å². The van der Waals surface area contributed by atoms with Crippen molar-refractivity contribution in [1.82, 2.24) is 60.6 Å². The summed E-state index contributed by atoms with van der Waals surface area (Å²) < 4.78 is 15.0. The van der Waals surface area contributed by atoms with E-state index >= 15 is 0 Å². The Hall–Kier alpha value is -9.87. The van der Waals surface area contributed by atoms with Gasteiger partial charge in [0.25, 0.3) is 23.6 Å². The second-order valence-electron chi connectivity index (χ2n) is 26.9. The van der Waals surface area contributed by atoms with Crippen molar-refractivity contribution in [3.8, 4) is 22.3 Å². The molecule has 0 atom stereocenters. The maximum absolute atomic E-state index is 13.6. The van der Waals surface area contributed by atoms with Crippen LogP contribution >= 0.6 is 23.2 Å². The highest BCUT2D eigenvalue weighted by atomic mass is 35.5. The molecule has 10 aromatic rings. The van der Waals surface area contributed by atoms with Crippen LogP contribution in [0.1, 0.15) is 151 Å². The molecular weight excluding hydrogens is 1360 g/mol. The van der Waals surface area contributed by atoms with Gasteiger partial charge >= 0.3 is 0 Å². The number of carbonyl (C=O) groups excluding carboxylic acids is 5. The van der Waals surface area contributed by atoms with E-state index in [9.17, 15) is 24.0 Å². The topological polar surface area (TPSA) is 244 Å². The van der Waals surface area contributed by atoms with Gasteiger partial charge in [0.1, 0.15) is 6.29 Å². The lowest BCUT2D eigenvalue weighted by molar-refractivity contribution is 0.0903. The van der Waals surface area contributed by atoms with Crippen LogP contribution in [-0.4, -0.2) is 141 Å². The lowest BCUT2D eigenvalue weighted by Crippen LogP contribution is -2.30. The number of nitrogens with one attached hydrogen (secondary N) is 6. The smallest absolute Gasteiger partial charge is 0.251 e. The lowest BCUT2D eigenvalue weighted by Gasteiger charge is -2.26. The number of rotatable bonds is 25. The molecule has 0 aliphatic carbocycles. The third kappa shape index (κ3) is 18.6. The van der Waals surface area contributed by atoms with E-state index in [1.54, 1.807) is 72.8 Å². The molecule has 4 aromatic heterocycles. The molecular formula is C82H92Cl2N14O7. The normalized spacial score (nSPS) is 14.6. The van der Waals surface area contributed by atoms with Crippen LogP contribution in [0.4, 0.5) is 11.4 Å². The Morgan fingerprint density at radius 3 is 1.41 bits per heavy atom. The van der Waals surface area contributed by atoms with Crippen molar-refractivity contribution < 1.29 is 33.4 Å². The Bertz CT molecular complexity index is 4760. The Kier molecular flexibility index (Phi) is 25.5. The van der Waals surface area contributed by atoms with Gasteiger partial charge in [-0.1, -0.05) is 97.7 Å². The molecule has 21 nitrogen and oxygen atoms in total. The number of likely N-dealkylation sites (N-methyl/N-ethyl adjacent to an activating group) is 1. The number of ether oxygens (including phenoxy) is 2. The molecule has 23 heteroatoms. The molecule has 3 saturated heterocycles. The molecule has 0 spiro atoms.